The minimum atomic E-state index is -0.342. The molecule has 0 bridgehead atoms. The van der Waals surface area contributed by atoms with Crippen LogP contribution in [0.3, 0.4) is 0 Å². The van der Waals surface area contributed by atoms with E-state index in [2.05, 4.69) is 20.8 Å². The van der Waals surface area contributed by atoms with Crippen LogP contribution in [0.15, 0.2) is 35.3 Å². The molecule has 0 aliphatic heterocycles. The third-order valence-electron chi connectivity index (χ3n) is 1.91. The Morgan fingerprint density at radius 2 is 2.35 bits per heavy atom. The summed E-state index contributed by atoms with van der Waals surface area (Å²) in [5, 5.41) is 0. The lowest BCUT2D eigenvalue weighted by Gasteiger charge is -2.06. The predicted molar refractivity (Wildman–Crippen MR) is 58.4 cm³/mol. The lowest BCUT2D eigenvalue weighted by molar-refractivity contribution is 0.0961. The number of ether oxygens (including phenoxy) is 1. The summed E-state index contributed by atoms with van der Waals surface area (Å²) in [7, 11) is 1.50. The van der Waals surface area contributed by atoms with Gasteiger partial charge in [-0.2, -0.15) is 4.98 Å². The minimum absolute atomic E-state index is 0.237. The average molecular weight is 234 g/mol. The van der Waals surface area contributed by atoms with Crippen LogP contribution in [-0.2, 0) is 0 Å². The zero-order chi connectivity index (χ0) is 12.1. The van der Waals surface area contributed by atoms with Crippen LogP contribution in [0.1, 0.15) is 10.4 Å². The lowest BCUT2D eigenvalue weighted by Crippen LogP contribution is -2.29. The highest BCUT2D eigenvalue weighted by Crippen LogP contribution is 2.06. The second-order valence-electron chi connectivity index (χ2n) is 3.01. The average Bonchev–Trinajstić information content (AvgIpc) is 2.90. The van der Waals surface area contributed by atoms with E-state index in [1.807, 2.05) is 0 Å². The van der Waals surface area contributed by atoms with Gasteiger partial charge in [0, 0.05) is 12.3 Å². The van der Waals surface area contributed by atoms with E-state index < -0.39 is 0 Å². The van der Waals surface area contributed by atoms with Gasteiger partial charge in [-0.05, 0) is 6.07 Å². The SMILES string of the molecule is COc1ccnc(NNC(=O)c2ccoc2)n1. The second-order valence-corrected chi connectivity index (χ2v) is 3.01. The molecule has 0 saturated carbocycles. The quantitative estimate of drug-likeness (QED) is 0.762. The summed E-state index contributed by atoms with van der Waals surface area (Å²) >= 11 is 0. The van der Waals surface area contributed by atoms with Crippen LogP contribution >= 0.6 is 0 Å². The van der Waals surface area contributed by atoms with E-state index >= 15 is 0 Å². The Hall–Kier alpha value is -2.57. The van der Waals surface area contributed by atoms with Gasteiger partial charge in [0.05, 0.1) is 18.9 Å². The fraction of sp³-hybridized carbons (Fsp3) is 0.100. The molecular weight excluding hydrogens is 224 g/mol. The first-order valence-electron chi connectivity index (χ1n) is 4.75. The Bertz CT molecular complexity index is 498. The molecular formula is C10H10N4O3. The van der Waals surface area contributed by atoms with Gasteiger partial charge in [-0.15, -0.1) is 0 Å². The lowest BCUT2D eigenvalue weighted by atomic mass is 10.3. The van der Waals surface area contributed by atoms with Crippen LogP contribution in [0.4, 0.5) is 5.95 Å². The van der Waals surface area contributed by atoms with Gasteiger partial charge in [-0.25, -0.2) is 4.98 Å². The third kappa shape index (κ3) is 2.71. The maximum absolute atomic E-state index is 11.5. The van der Waals surface area contributed by atoms with E-state index in [1.54, 1.807) is 12.1 Å². The molecule has 1 amide bonds. The first-order valence-corrected chi connectivity index (χ1v) is 4.75. The highest BCUT2D eigenvalue weighted by Gasteiger charge is 2.06. The van der Waals surface area contributed by atoms with Gasteiger partial charge in [0.15, 0.2) is 0 Å². The van der Waals surface area contributed by atoms with Crippen LogP contribution in [-0.4, -0.2) is 23.0 Å². The van der Waals surface area contributed by atoms with E-state index in [9.17, 15) is 4.79 Å². The number of rotatable bonds is 4. The summed E-state index contributed by atoms with van der Waals surface area (Å²) in [4.78, 5) is 19.4. The molecule has 0 saturated heterocycles. The molecule has 2 aromatic heterocycles. The molecule has 2 heterocycles. The number of aromatic nitrogens is 2. The fourth-order valence-electron chi connectivity index (χ4n) is 1.09. The van der Waals surface area contributed by atoms with Crippen LogP contribution in [0.2, 0.25) is 0 Å². The molecule has 2 rings (SSSR count). The molecule has 88 valence electrons. The van der Waals surface area contributed by atoms with Crippen molar-refractivity contribution in [3.8, 4) is 5.88 Å². The van der Waals surface area contributed by atoms with Gasteiger partial charge in [-0.3, -0.25) is 15.6 Å². The summed E-state index contributed by atoms with van der Waals surface area (Å²) in [6.07, 6.45) is 4.26. The number of carbonyl (C=O) groups excluding carboxylic acids is 1. The molecule has 2 N–H and O–H groups in total. The van der Waals surface area contributed by atoms with Crippen LogP contribution in [0.25, 0.3) is 0 Å². The Morgan fingerprint density at radius 1 is 1.47 bits per heavy atom. The van der Waals surface area contributed by atoms with Crippen molar-refractivity contribution in [1.82, 2.24) is 15.4 Å². The molecule has 0 aliphatic rings. The fourth-order valence-corrected chi connectivity index (χ4v) is 1.09. The highest BCUT2D eigenvalue weighted by molar-refractivity contribution is 5.94. The topological polar surface area (TPSA) is 89.3 Å². The zero-order valence-electron chi connectivity index (χ0n) is 9.01. The van der Waals surface area contributed by atoms with Gasteiger partial charge < -0.3 is 9.15 Å². The second kappa shape index (κ2) is 4.97. The number of hydrogen-bond acceptors (Lipinski definition) is 6. The summed E-state index contributed by atoms with van der Waals surface area (Å²) in [5.74, 6) is 0.298. The summed E-state index contributed by atoms with van der Waals surface area (Å²) < 4.78 is 9.70. The van der Waals surface area contributed by atoms with Crippen molar-refractivity contribution in [3.05, 3.63) is 36.4 Å². The number of methoxy groups -OCH3 is 1. The summed E-state index contributed by atoms with van der Waals surface area (Å²) in [6.45, 7) is 0. The molecule has 0 fully saturated rings. The van der Waals surface area contributed by atoms with Crippen molar-refractivity contribution in [2.24, 2.45) is 0 Å². The first-order chi connectivity index (χ1) is 8.29. The minimum Gasteiger partial charge on any atom is -0.481 e. The molecule has 0 unspecified atom stereocenters. The first kappa shape index (κ1) is 10.9. The number of furan rings is 1. The van der Waals surface area contributed by atoms with E-state index in [1.165, 1.54) is 25.8 Å². The molecule has 7 nitrogen and oxygen atoms in total. The largest absolute Gasteiger partial charge is 0.481 e. The Labute approximate surface area is 96.8 Å². The Balaban J connectivity index is 1.95. The number of hydrogen-bond donors (Lipinski definition) is 2. The molecule has 0 aromatic carbocycles. The molecule has 0 aliphatic carbocycles. The van der Waals surface area contributed by atoms with E-state index in [0.717, 1.165) is 0 Å². The van der Waals surface area contributed by atoms with Gasteiger partial charge in [0.25, 0.3) is 5.91 Å². The standard InChI is InChI=1S/C10H10N4O3/c1-16-8-2-4-11-10(12-8)14-13-9(15)7-3-5-17-6-7/h2-6H,1H3,(H,13,15)(H,11,12,14). The van der Waals surface area contributed by atoms with Gasteiger partial charge in [0.2, 0.25) is 11.8 Å². The van der Waals surface area contributed by atoms with Gasteiger partial charge in [-0.1, -0.05) is 0 Å². The number of amides is 1. The van der Waals surface area contributed by atoms with Crippen molar-refractivity contribution in [2.75, 3.05) is 12.5 Å². The number of nitrogens with zero attached hydrogens (tertiary/aromatic N) is 2. The highest BCUT2D eigenvalue weighted by atomic mass is 16.5. The maximum Gasteiger partial charge on any atom is 0.272 e. The Kier molecular flexibility index (Phi) is 3.20. The number of carbonyl (C=O) groups is 1. The van der Waals surface area contributed by atoms with Crippen molar-refractivity contribution in [1.29, 1.82) is 0 Å². The van der Waals surface area contributed by atoms with Crippen molar-refractivity contribution < 1.29 is 13.9 Å². The van der Waals surface area contributed by atoms with Crippen LogP contribution in [0.5, 0.6) is 5.88 Å². The maximum atomic E-state index is 11.5. The molecule has 2 aromatic rings. The number of nitrogens with one attached hydrogen (secondary N) is 2. The third-order valence-corrected chi connectivity index (χ3v) is 1.91. The van der Waals surface area contributed by atoms with Crippen LogP contribution < -0.4 is 15.6 Å². The van der Waals surface area contributed by atoms with Crippen LogP contribution in [0, 0.1) is 0 Å². The van der Waals surface area contributed by atoms with Gasteiger partial charge >= 0.3 is 0 Å². The predicted octanol–water partition coefficient (Wildman–Crippen LogP) is 0.835. The normalized spacial score (nSPS) is 9.71. The smallest absolute Gasteiger partial charge is 0.272 e. The summed E-state index contributed by atoms with van der Waals surface area (Å²) in [5.41, 5.74) is 5.39. The molecule has 0 radical (unpaired) electrons. The molecule has 0 spiro atoms. The van der Waals surface area contributed by atoms with E-state index in [0.29, 0.717) is 11.4 Å². The summed E-state index contributed by atoms with van der Waals surface area (Å²) in [6, 6.07) is 3.15. The zero-order valence-corrected chi connectivity index (χ0v) is 9.01. The van der Waals surface area contributed by atoms with E-state index in [-0.39, 0.29) is 11.9 Å². The van der Waals surface area contributed by atoms with Crippen molar-refractivity contribution in [3.63, 3.8) is 0 Å². The molecule has 0 atom stereocenters. The van der Waals surface area contributed by atoms with E-state index in [4.69, 9.17) is 9.15 Å². The van der Waals surface area contributed by atoms with Crippen molar-refractivity contribution in [2.45, 2.75) is 0 Å². The number of hydrazine groups is 1. The molecule has 7 heteroatoms. The molecule has 17 heavy (non-hydrogen) atoms. The van der Waals surface area contributed by atoms with Crippen molar-refractivity contribution >= 4 is 11.9 Å². The monoisotopic (exact) mass is 234 g/mol. The van der Waals surface area contributed by atoms with Gasteiger partial charge in [0.1, 0.15) is 6.26 Å². The Morgan fingerprint density at radius 3 is 3.06 bits per heavy atom. The number of anilines is 1.